The number of imidazole rings is 1. The van der Waals surface area contributed by atoms with Crippen LogP contribution in [0, 0.1) is 5.82 Å². The van der Waals surface area contributed by atoms with E-state index >= 15 is 4.39 Å². The van der Waals surface area contributed by atoms with Gasteiger partial charge in [0.2, 0.25) is 5.95 Å². The molecule has 1 fully saturated rings. The van der Waals surface area contributed by atoms with Gasteiger partial charge in [-0.1, -0.05) is 30.7 Å². The summed E-state index contributed by atoms with van der Waals surface area (Å²) in [6.45, 7) is 4.66. The van der Waals surface area contributed by atoms with Gasteiger partial charge < -0.3 is 14.7 Å². The van der Waals surface area contributed by atoms with Crippen LogP contribution in [0.15, 0.2) is 48.9 Å². The number of nitrogens with zero attached hydrogens (tertiary/aromatic N) is 5. The van der Waals surface area contributed by atoms with Crippen molar-refractivity contribution in [1.29, 1.82) is 0 Å². The van der Waals surface area contributed by atoms with Crippen LogP contribution in [0.5, 0.6) is 0 Å². The standard InChI is InChI=1S/C24H23ClFN5O2/c1-2-20-22(23(32)15-4-3-5-17(25)10-15)31-14-18(19(26)11-21(31)29-20)16-12-27-24(28-13-16)30-6-8-33-9-7-30/h3-5,10-14,23,32H,2,6-9H2,1H3. The van der Waals surface area contributed by atoms with Crippen LogP contribution in [0.3, 0.4) is 0 Å². The van der Waals surface area contributed by atoms with Crippen LogP contribution in [0.25, 0.3) is 16.8 Å². The summed E-state index contributed by atoms with van der Waals surface area (Å²) in [5, 5.41) is 11.7. The Labute approximate surface area is 195 Å². The fourth-order valence-electron chi connectivity index (χ4n) is 4.11. The molecule has 3 aromatic heterocycles. The molecule has 1 aliphatic heterocycles. The Balaban J connectivity index is 1.57. The molecule has 1 aliphatic rings. The molecular weight excluding hydrogens is 445 g/mol. The lowest BCUT2D eigenvalue weighted by molar-refractivity contribution is 0.122. The van der Waals surface area contributed by atoms with Gasteiger partial charge in [0.15, 0.2) is 0 Å². The van der Waals surface area contributed by atoms with Crippen LogP contribution in [0.2, 0.25) is 5.02 Å². The normalized spacial score (nSPS) is 15.2. The zero-order valence-corrected chi connectivity index (χ0v) is 18.8. The molecule has 9 heteroatoms. The third-order valence-electron chi connectivity index (χ3n) is 5.82. The van der Waals surface area contributed by atoms with E-state index in [4.69, 9.17) is 16.3 Å². The number of halogens is 2. The number of pyridine rings is 1. The lowest BCUT2D eigenvalue weighted by atomic mass is 10.0. The predicted octanol–water partition coefficient (Wildman–Crippen LogP) is 4.06. The number of aromatic nitrogens is 4. The molecule has 0 radical (unpaired) electrons. The molecular formula is C24H23ClFN5O2. The van der Waals surface area contributed by atoms with E-state index in [0.717, 1.165) is 13.1 Å². The van der Waals surface area contributed by atoms with Crippen LogP contribution in [0.1, 0.15) is 30.0 Å². The quantitative estimate of drug-likeness (QED) is 0.477. The number of aryl methyl sites for hydroxylation is 1. The Morgan fingerprint density at radius 2 is 1.94 bits per heavy atom. The van der Waals surface area contributed by atoms with E-state index in [0.29, 0.717) is 64.3 Å². The second-order valence-corrected chi connectivity index (χ2v) is 8.33. The SMILES string of the molecule is CCc1nc2cc(F)c(-c3cnc(N4CCOCC4)nc3)cn2c1C(O)c1cccc(Cl)c1. The fraction of sp³-hybridized carbons (Fsp3) is 0.292. The van der Waals surface area contributed by atoms with Crippen molar-refractivity contribution in [1.82, 2.24) is 19.4 Å². The summed E-state index contributed by atoms with van der Waals surface area (Å²) in [5.74, 6) is 0.165. The molecule has 4 aromatic rings. The average Bonchev–Trinajstić information content (AvgIpc) is 3.21. The van der Waals surface area contributed by atoms with E-state index in [-0.39, 0.29) is 0 Å². The molecule has 0 spiro atoms. The molecule has 1 saturated heterocycles. The number of aliphatic hydroxyl groups is 1. The lowest BCUT2D eigenvalue weighted by Gasteiger charge is -2.26. The van der Waals surface area contributed by atoms with Crippen molar-refractivity contribution >= 4 is 23.2 Å². The Morgan fingerprint density at radius 3 is 2.64 bits per heavy atom. The molecule has 0 bridgehead atoms. The van der Waals surface area contributed by atoms with Gasteiger partial charge in [-0.3, -0.25) is 4.40 Å². The van der Waals surface area contributed by atoms with E-state index in [9.17, 15) is 5.11 Å². The van der Waals surface area contributed by atoms with Crippen molar-refractivity contribution in [2.45, 2.75) is 19.4 Å². The minimum absolute atomic E-state index is 0.329. The van der Waals surface area contributed by atoms with Gasteiger partial charge in [-0.2, -0.15) is 0 Å². The minimum atomic E-state index is -0.966. The maximum Gasteiger partial charge on any atom is 0.225 e. The summed E-state index contributed by atoms with van der Waals surface area (Å²) in [7, 11) is 0. The van der Waals surface area contributed by atoms with Gasteiger partial charge in [0.1, 0.15) is 17.6 Å². The Hall–Kier alpha value is -3.07. The molecule has 170 valence electrons. The molecule has 33 heavy (non-hydrogen) atoms. The van der Waals surface area contributed by atoms with Crippen LogP contribution in [-0.4, -0.2) is 50.8 Å². The highest BCUT2D eigenvalue weighted by molar-refractivity contribution is 6.30. The number of morpholine rings is 1. The van der Waals surface area contributed by atoms with Crippen molar-refractivity contribution in [3.8, 4) is 11.1 Å². The average molecular weight is 468 g/mol. The number of aliphatic hydroxyl groups excluding tert-OH is 1. The molecule has 0 amide bonds. The highest BCUT2D eigenvalue weighted by Crippen LogP contribution is 2.31. The number of hydrogen-bond donors (Lipinski definition) is 1. The summed E-state index contributed by atoms with van der Waals surface area (Å²) in [6, 6.07) is 8.43. The van der Waals surface area contributed by atoms with Crippen LogP contribution < -0.4 is 4.90 Å². The smallest absolute Gasteiger partial charge is 0.225 e. The fourth-order valence-corrected chi connectivity index (χ4v) is 4.31. The van der Waals surface area contributed by atoms with Crippen LogP contribution in [-0.2, 0) is 11.2 Å². The van der Waals surface area contributed by atoms with Crippen molar-refractivity contribution in [3.63, 3.8) is 0 Å². The Morgan fingerprint density at radius 1 is 1.18 bits per heavy atom. The van der Waals surface area contributed by atoms with Gasteiger partial charge in [0.25, 0.3) is 0 Å². The summed E-state index contributed by atoms with van der Waals surface area (Å²) < 4.78 is 22.2. The van der Waals surface area contributed by atoms with Gasteiger partial charge in [-0.05, 0) is 24.1 Å². The molecule has 1 atom stereocenters. The Bertz CT molecular complexity index is 1290. The number of ether oxygens (including phenoxy) is 1. The summed E-state index contributed by atoms with van der Waals surface area (Å²) in [5.41, 5.74) is 3.22. The van der Waals surface area contributed by atoms with Gasteiger partial charge in [0.05, 0.1) is 24.6 Å². The first-order chi connectivity index (χ1) is 16.0. The first kappa shape index (κ1) is 21.8. The third kappa shape index (κ3) is 4.17. The highest BCUT2D eigenvalue weighted by Gasteiger charge is 2.23. The highest BCUT2D eigenvalue weighted by atomic mass is 35.5. The summed E-state index contributed by atoms with van der Waals surface area (Å²) >= 11 is 6.13. The van der Waals surface area contributed by atoms with Crippen molar-refractivity contribution < 1.29 is 14.2 Å². The van der Waals surface area contributed by atoms with E-state index in [1.165, 1.54) is 6.07 Å². The van der Waals surface area contributed by atoms with Gasteiger partial charge in [-0.15, -0.1) is 0 Å². The second kappa shape index (κ2) is 9.05. The lowest BCUT2D eigenvalue weighted by Crippen LogP contribution is -2.37. The molecule has 4 heterocycles. The van der Waals surface area contributed by atoms with E-state index in [1.54, 1.807) is 47.3 Å². The number of fused-ring (bicyclic) bond motifs is 1. The predicted molar refractivity (Wildman–Crippen MR) is 124 cm³/mol. The first-order valence-electron chi connectivity index (χ1n) is 10.8. The number of rotatable bonds is 5. The third-order valence-corrected chi connectivity index (χ3v) is 6.06. The molecule has 1 N–H and O–H groups in total. The maximum atomic E-state index is 15.1. The maximum absolute atomic E-state index is 15.1. The molecule has 1 unspecified atom stereocenters. The zero-order valence-electron chi connectivity index (χ0n) is 18.1. The van der Waals surface area contributed by atoms with Gasteiger partial charge in [-0.25, -0.2) is 19.3 Å². The monoisotopic (exact) mass is 467 g/mol. The van der Waals surface area contributed by atoms with Crippen molar-refractivity contribution in [2.75, 3.05) is 31.2 Å². The topological polar surface area (TPSA) is 75.8 Å². The molecule has 0 saturated carbocycles. The minimum Gasteiger partial charge on any atom is -0.382 e. The molecule has 1 aromatic carbocycles. The van der Waals surface area contributed by atoms with Crippen molar-refractivity contribution in [2.24, 2.45) is 0 Å². The summed E-state index contributed by atoms with van der Waals surface area (Å²) in [4.78, 5) is 15.5. The first-order valence-corrected chi connectivity index (χ1v) is 11.2. The van der Waals surface area contributed by atoms with E-state index in [1.807, 2.05) is 11.8 Å². The second-order valence-electron chi connectivity index (χ2n) is 7.89. The Kier molecular flexibility index (Phi) is 5.97. The molecule has 5 rings (SSSR count). The number of benzene rings is 1. The zero-order chi connectivity index (χ0) is 22.9. The van der Waals surface area contributed by atoms with E-state index in [2.05, 4.69) is 15.0 Å². The number of hydrogen-bond acceptors (Lipinski definition) is 6. The van der Waals surface area contributed by atoms with Gasteiger partial charge in [0, 0.05) is 53.9 Å². The van der Waals surface area contributed by atoms with Crippen molar-refractivity contribution in [3.05, 3.63) is 76.7 Å². The molecule has 0 aliphatic carbocycles. The molecule has 7 nitrogen and oxygen atoms in total. The largest absolute Gasteiger partial charge is 0.382 e. The van der Waals surface area contributed by atoms with Crippen LogP contribution in [0.4, 0.5) is 10.3 Å². The number of anilines is 1. The van der Waals surface area contributed by atoms with E-state index < -0.39 is 11.9 Å². The van der Waals surface area contributed by atoms with Crippen LogP contribution >= 0.6 is 11.6 Å². The van der Waals surface area contributed by atoms with Gasteiger partial charge >= 0.3 is 0 Å². The summed E-state index contributed by atoms with van der Waals surface area (Å²) in [6.07, 6.45) is 4.50.